The molecule has 10 nitrogen and oxygen atoms in total. The highest BCUT2D eigenvalue weighted by Gasteiger charge is 2.35. The largest absolute Gasteiger partial charge is 0.444 e. The standard InChI is InChI=1S/C29H36IN5O5/c1-29(2,3)40-28(39)32-16-18-4-8-19(9-5-18)26(37)35(21-12-13-22-24(15-21)33-34-25(22)36)27(38)23(31)14-17-6-10-20(30)11-7-17/h6-7,10-13,15,18-19,23H,4-5,8-9,14,16,31H2,1-3H3,(H,32,39)(H2,33,34,36)/t18?,19?,23-/m0/s1. The normalized spacial score (nSPS) is 18.2. The number of nitrogens with one attached hydrogen (secondary N) is 3. The van der Waals surface area contributed by atoms with Crippen LogP contribution in [0, 0.1) is 15.4 Å². The molecule has 0 aliphatic heterocycles. The lowest BCUT2D eigenvalue weighted by atomic mass is 9.81. The number of H-pyrrole nitrogens is 2. The molecule has 0 spiro atoms. The van der Waals surface area contributed by atoms with Crippen LogP contribution < -0.4 is 21.5 Å². The molecule has 1 aromatic heterocycles. The lowest BCUT2D eigenvalue weighted by molar-refractivity contribution is -0.130. The summed E-state index contributed by atoms with van der Waals surface area (Å²) >= 11 is 2.21. The Kier molecular flexibility index (Phi) is 9.34. The first kappa shape index (κ1) is 29.8. The molecule has 2 aromatic carbocycles. The molecular formula is C29H36IN5O5. The second kappa shape index (κ2) is 12.5. The molecule has 3 aromatic rings. The predicted octanol–water partition coefficient (Wildman–Crippen LogP) is 4.22. The molecule has 1 aliphatic rings. The second-order valence-electron chi connectivity index (χ2n) is 11.4. The summed E-state index contributed by atoms with van der Waals surface area (Å²) in [5.74, 6) is -0.952. The molecule has 1 atom stereocenters. The molecule has 40 heavy (non-hydrogen) atoms. The van der Waals surface area contributed by atoms with Crippen LogP contribution in [0.3, 0.4) is 0 Å². The quantitative estimate of drug-likeness (QED) is 0.279. The third-order valence-corrected chi connectivity index (χ3v) is 7.79. The van der Waals surface area contributed by atoms with Gasteiger partial charge in [-0.1, -0.05) is 12.1 Å². The van der Waals surface area contributed by atoms with E-state index in [1.807, 2.05) is 45.0 Å². The van der Waals surface area contributed by atoms with Crippen LogP contribution in [0.4, 0.5) is 10.5 Å². The Labute approximate surface area is 246 Å². The fourth-order valence-electron chi connectivity index (χ4n) is 4.99. The molecule has 1 aliphatic carbocycles. The number of aromatic nitrogens is 2. The van der Waals surface area contributed by atoms with Gasteiger partial charge in [0.15, 0.2) is 0 Å². The zero-order chi connectivity index (χ0) is 29.0. The molecule has 0 radical (unpaired) electrons. The number of halogens is 1. The monoisotopic (exact) mass is 661 g/mol. The van der Waals surface area contributed by atoms with E-state index in [0.29, 0.717) is 36.0 Å². The van der Waals surface area contributed by atoms with Crippen molar-refractivity contribution in [3.8, 4) is 0 Å². The highest BCUT2D eigenvalue weighted by Crippen LogP contribution is 2.32. The van der Waals surface area contributed by atoms with Crippen LogP contribution in [0.15, 0.2) is 47.3 Å². The van der Waals surface area contributed by atoms with Gasteiger partial charge in [-0.25, -0.2) is 9.69 Å². The van der Waals surface area contributed by atoms with Gasteiger partial charge in [0.2, 0.25) is 5.91 Å². The maximum absolute atomic E-state index is 13.9. The Hall–Kier alpha value is -3.19. The van der Waals surface area contributed by atoms with Gasteiger partial charge >= 0.3 is 6.09 Å². The molecule has 1 fully saturated rings. The van der Waals surface area contributed by atoms with E-state index in [2.05, 4.69) is 38.1 Å². The predicted molar refractivity (Wildman–Crippen MR) is 162 cm³/mol. The number of carbonyl (C=O) groups excluding carboxylic acids is 3. The Balaban J connectivity index is 1.48. The highest BCUT2D eigenvalue weighted by molar-refractivity contribution is 14.1. The SMILES string of the molecule is CC(C)(C)OC(=O)NCC1CCC(C(=O)N(C(=O)[C@@H](N)Cc2ccc(I)cc2)c2ccc3c(=O)[nH][nH]c3c2)CC1. The Morgan fingerprint density at radius 3 is 2.40 bits per heavy atom. The van der Waals surface area contributed by atoms with Gasteiger partial charge in [0.1, 0.15) is 5.60 Å². The van der Waals surface area contributed by atoms with E-state index in [0.717, 1.165) is 22.0 Å². The average Bonchev–Trinajstić information content (AvgIpc) is 3.28. The number of amides is 3. The maximum Gasteiger partial charge on any atom is 0.407 e. The molecule has 11 heteroatoms. The summed E-state index contributed by atoms with van der Waals surface area (Å²) < 4.78 is 6.39. The van der Waals surface area contributed by atoms with Crippen molar-refractivity contribution in [2.24, 2.45) is 17.6 Å². The zero-order valence-corrected chi connectivity index (χ0v) is 25.1. The maximum atomic E-state index is 13.9. The van der Waals surface area contributed by atoms with Gasteiger partial charge in [-0.2, -0.15) is 0 Å². The van der Waals surface area contributed by atoms with Gasteiger partial charge in [-0.15, -0.1) is 0 Å². The van der Waals surface area contributed by atoms with Crippen molar-refractivity contribution in [2.45, 2.75) is 64.5 Å². The molecule has 1 saturated carbocycles. The van der Waals surface area contributed by atoms with E-state index in [4.69, 9.17) is 10.5 Å². The van der Waals surface area contributed by atoms with Crippen molar-refractivity contribution < 1.29 is 19.1 Å². The van der Waals surface area contributed by atoms with Crippen molar-refractivity contribution in [1.82, 2.24) is 15.5 Å². The smallest absolute Gasteiger partial charge is 0.407 e. The van der Waals surface area contributed by atoms with Crippen molar-refractivity contribution in [3.05, 3.63) is 62.0 Å². The number of rotatable bonds is 7. The minimum atomic E-state index is -0.931. The van der Waals surface area contributed by atoms with Crippen molar-refractivity contribution in [1.29, 1.82) is 0 Å². The molecule has 0 unspecified atom stereocenters. The number of anilines is 1. The van der Waals surface area contributed by atoms with Crippen LogP contribution in [0.1, 0.15) is 52.0 Å². The minimum Gasteiger partial charge on any atom is -0.444 e. The van der Waals surface area contributed by atoms with Gasteiger partial charge in [-0.05, 0) is 117 Å². The third-order valence-electron chi connectivity index (χ3n) is 7.07. The number of imide groups is 1. The zero-order valence-electron chi connectivity index (χ0n) is 23.0. The fraction of sp³-hybridized carbons (Fsp3) is 0.448. The van der Waals surface area contributed by atoms with E-state index in [1.54, 1.807) is 18.2 Å². The molecule has 5 N–H and O–H groups in total. The second-order valence-corrected chi connectivity index (χ2v) is 12.6. The van der Waals surface area contributed by atoms with E-state index >= 15 is 0 Å². The lowest BCUT2D eigenvalue weighted by Crippen LogP contribution is -2.50. The van der Waals surface area contributed by atoms with Crippen LogP contribution in [0.25, 0.3) is 10.9 Å². The first-order valence-electron chi connectivity index (χ1n) is 13.5. The Morgan fingerprint density at radius 2 is 1.75 bits per heavy atom. The van der Waals surface area contributed by atoms with Gasteiger partial charge in [0.05, 0.1) is 22.6 Å². The molecule has 1 heterocycles. The summed E-state index contributed by atoms with van der Waals surface area (Å²) in [6, 6.07) is 11.6. The third kappa shape index (κ3) is 7.51. The summed E-state index contributed by atoms with van der Waals surface area (Å²) in [5.41, 5.74) is 7.30. The number of hydrogen-bond donors (Lipinski definition) is 4. The lowest BCUT2D eigenvalue weighted by Gasteiger charge is -2.32. The molecule has 4 rings (SSSR count). The van der Waals surface area contributed by atoms with Crippen LogP contribution in [0.2, 0.25) is 0 Å². The average molecular weight is 662 g/mol. The topological polar surface area (TPSA) is 150 Å². The van der Waals surface area contributed by atoms with Crippen LogP contribution >= 0.6 is 22.6 Å². The summed E-state index contributed by atoms with van der Waals surface area (Å²) in [5, 5.41) is 8.58. The first-order valence-corrected chi connectivity index (χ1v) is 14.5. The number of nitrogens with zero attached hydrogens (tertiary/aromatic N) is 1. The summed E-state index contributed by atoms with van der Waals surface area (Å²) in [6.07, 6.45) is 2.45. The van der Waals surface area contributed by atoms with Gasteiger partial charge in [0.25, 0.3) is 11.5 Å². The summed E-state index contributed by atoms with van der Waals surface area (Å²) in [7, 11) is 0. The number of ether oxygens (including phenoxy) is 1. The Bertz CT molecular complexity index is 1420. The van der Waals surface area contributed by atoms with Crippen LogP contribution in [-0.2, 0) is 20.7 Å². The summed E-state index contributed by atoms with van der Waals surface area (Å²) in [4.78, 5) is 52.9. The van der Waals surface area contributed by atoms with Crippen molar-refractivity contribution in [3.63, 3.8) is 0 Å². The number of benzene rings is 2. The number of nitrogens with two attached hydrogens (primary N) is 1. The molecule has 3 amide bonds. The van der Waals surface area contributed by atoms with Crippen LogP contribution in [-0.4, -0.2) is 46.3 Å². The van der Waals surface area contributed by atoms with Gasteiger partial charge in [-0.3, -0.25) is 24.6 Å². The Morgan fingerprint density at radius 1 is 1.07 bits per heavy atom. The number of alkyl carbamates (subject to hydrolysis) is 1. The molecule has 214 valence electrons. The van der Waals surface area contributed by atoms with E-state index in [1.165, 1.54) is 4.90 Å². The van der Waals surface area contributed by atoms with Crippen molar-refractivity contribution >= 4 is 57.1 Å². The van der Waals surface area contributed by atoms with Gasteiger partial charge < -0.3 is 15.8 Å². The van der Waals surface area contributed by atoms with Crippen molar-refractivity contribution in [2.75, 3.05) is 11.4 Å². The number of aromatic amines is 2. The molecule has 0 saturated heterocycles. The van der Waals surface area contributed by atoms with E-state index in [-0.39, 0.29) is 29.7 Å². The number of fused-ring (bicyclic) bond motifs is 1. The van der Waals surface area contributed by atoms with E-state index in [9.17, 15) is 19.2 Å². The number of carbonyl (C=O) groups is 3. The molecule has 0 bridgehead atoms. The first-order chi connectivity index (χ1) is 18.9. The fourth-order valence-corrected chi connectivity index (χ4v) is 5.35. The van der Waals surface area contributed by atoms with Gasteiger partial charge in [0, 0.05) is 16.0 Å². The summed E-state index contributed by atoms with van der Waals surface area (Å²) in [6.45, 7) is 5.91. The minimum absolute atomic E-state index is 0.213. The van der Waals surface area contributed by atoms with E-state index < -0.39 is 23.6 Å². The number of hydrogen-bond acceptors (Lipinski definition) is 6. The highest BCUT2D eigenvalue weighted by atomic mass is 127. The van der Waals surface area contributed by atoms with Crippen LogP contribution in [0.5, 0.6) is 0 Å². The molecular weight excluding hydrogens is 625 g/mol.